The second-order valence-electron chi connectivity index (χ2n) is 7.37. The van der Waals surface area contributed by atoms with Gasteiger partial charge < -0.3 is 20.5 Å². The van der Waals surface area contributed by atoms with E-state index in [2.05, 4.69) is 30.9 Å². The van der Waals surface area contributed by atoms with E-state index in [1.165, 1.54) is 29.3 Å². The standard InChI is InChI=1S/C21H22F3N7O3S/c1-4-13(32)7-27-19(34)16-18(25-3)28-10-31(16)8-15(33)29-14-9-35-20(30-14)12-5-11(2)17(26-6-12)21(22,23)24/h5-6,9-10,25H,4,7-8H2,1-3H3,(H,27,34)(H,29,33). The van der Waals surface area contributed by atoms with Crippen LogP contribution in [0.1, 0.15) is 35.1 Å². The number of nitrogens with zero attached hydrogens (tertiary/aromatic N) is 4. The van der Waals surface area contributed by atoms with Crippen molar-refractivity contribution < 1.29 is 27.6 Å². The van der Waals surface area contributed by atoms with Gasteiger partial charge in [-0.25, -0.2) is 9.97 Å². The third-order valence-electron chi connectivity index (χ3n) is 4.81. The molecular weight excluding hydrogens is 487 g/mol. The van der Waals surface area contributed by atoms with Crippen LogP contribution < -0.4 is 16.0 Å². The van der Waals surface area contributed by atoms with E-state index in [-0.39, 0.29) is 48.2 Å². The Hall–Kier alpha value is -3.81. The van der Waals surface area contributed by atoms with E-state index in [9.17, 15) is 27.6 Å². The van der Waals surface area contributed by atoms with Crippen LogP contribution in [-0.4, -0.2) is 50.7 Å². The van der Waals surface area contributed by atoms with Gasteiger partial charge in [-0.15, -0.1) is 11.3 Å². The topological polar surface area (TPSA) is 131 Å². The molecule has 0 spiro atoms. The van der Waals surface area contributed by atoms with Crippen LogP contribution in [0.25, 0.3) is 10.6 Å². The molecule has 2 amide bonds. The molecular formula is C21H22F3N7O3S. The number of thiazole rings is 1. The van der Waals surface area contributed by atoms with Gasteiger partial charge in [-0.05, 0) is 18.6 Å². The van der Waals surface area contributed by atoms with Gasteiger partial charge in [-0.2, -0.15) is 13.2 Å². The monoisotopic (exact) mass is 509 g/mol. The van der Waals surface area contributed by atoms with Crippen LogP contribution >= 0.6 is 11.3 Å². The first-order valence-corrected chi connectivity index (χ1v) is 11.2. The highest BCUT2D eigenvalue weighted by Gasteiger charge is 2.34. The average Bonchev–Trinajstić information content (AvgIpc) is 3.43. The number of ketones is 1. The Labute approximate surface area is 202 Å². The summed E-state index contributed by atoms with van der Waals surface area (Å²) in [6.07, 6.45) is -1.88. The van der Waals surface area contributed by atoms with Gasteiger partial charge in [0.2, 0.25) is 5.91 Å². The van der Waals surface area contributed by atoms with Crippen LogP contribution in [0, 0.1) is 6.92 Å². The van der Waals surface area contributed by atoms with Gasteiger partial charge >= 0.3 is 6.18 Å². The summed E-state index contributed by atoms with van der Waals surface area (Å²) in [5.41, 5.74) is -0.541. The number of hydrogen-bond acceptors (Lipinski definition) is 8. The molecule has 3 aromatic rings. The minimum atomic E-state index is -4.55. The van der Waals surface area contributed by atoms with Crippen LogP contribution in [0.4, 0.5) is 24.8 Å². The lowest BCUT2D eigenvalue weighted by Crippen LogP contribution is -2.32. The fourth-order valence-electron chi connectivity index (χ4n) is 3.10. The number of amides is 2. The molecule has 3 N–H and O–H groups in total. The maximum absolute atomic E-state index is 12.9. The van der Waals surface area contributed by atoms with Crippen molar-refractivity contribution in [3.05, 3.63) is 40.9 Å². The van der Waals surface area contributed by atoms with E-state index >= 15 is 0 Å². The Bertz CT molecular complexity index is 1250. The number of pyridine rings is 1. The molecule has 35 heavy (non-hydrogen) atoms. The molecule has 0 aliphatic carbocycles. The second kappa shape index (κ2) is 10.6. The van der Waals surface area contributed by atoms with Gasteiger partial charge in [0.05, 0.1) is 12.9 Å². The highest BCUT2D eigenvalue weighted by Crippen LogP contribution is 2.33. The molecule has 0 saturated heterocycles. The summed E-state index contributed by atoms with van der Waals surface area (Å²) < 4.78 is 40.1. The number of carbonyl (C=O) groups is 3. The van der Waals surface area contributed by atoms with Crippen molar-refractivity contribution in [1.29, 1.82) is 0 Å². The van der Waals surface area contributed by atoms with Gasteiger partial charge in [0.15, 0.2) is 17.3 Å². The first-order chi connectivity index (χ1) is 16.5. The molecule has 14 heteroatoms. The summed E-state index contributed by atoms with van der Waals surface area (Å²) in [7, 11) is 1.56. The zero-order valence-electron chi connectivity index (χ0n) is 19.0. The van der Waals surface area contributed by atoms with Crippen molar-refractivity contribution in [3.63, 3.8) is 0 Å². The quantitative estimate of drug-likeness (QED) is 0.404. The van der Waals surface area contributed by atoms with Crippen LogP contribution in [0.2, 0.25) is 0 Å². The highest BCUT2D eigenvalue weighted by molar-refractivity contribution is 7.13. The van der Waals surface area contributed by atoms with Gasteiger partial charge in [0.1, 0.15) is 23.1 Å². The predicted molar refractivity (Wildman–Crippen MR) is 123 cm³/mol. The summed E-state index contributed by atoms with van der Waals surface area (Å²) in [4.78, 5) is 48.5. The van der Waals surface area contributed by atoms with Crippen LogP contribution in [0.3, 0.4) is 0 Å². The van der Waals surface area contributed by atoms with Gasteiger partial charge in [0, 0.05) is 30.6 Å². The number of hydrogen-bond donors (Lipinski definition) is 3. The van der Waals surface area contributed by atoms with Gasteiger partial charge in [0.25, 0.3) is 5.91 Å². The largest absolute Gasteiger partial charge is 0.433 e. The normalized spacial score (nSPS) is 11.3. The average molecular weight is 510 g/mol. The minimum Gasteiger partial charge on any atom is -0.371 e. The summed E-state index contributed by atoms with van der Waals surface area (Å²) in [6.45, 7) is 2.58. The van der Waals surface area contributed by atoms with Crippen molar-refractivity contribution in [3.8, 4) is 10.6 Å². The Balaban J connectivity index is 1.70. The summed E-state index contributed by atoms with van der Waals surface area (Å²) >= 11 is 1.13. The number of imidazole rings is 1. The van der Waals surface area contributed by atoms with E-state index in [0.29, 0.717) is 10.6 Å². The number of nitrogens with one attached hydrogen (secondary N) is 3. The van der Waals surface area contributed by atoms with E-state index < -0.39 is 23.7 Å². The molecule has 0 atom stereocenters. The number of rotatable bonds is 9. The van der Waals surface area contributed by atoms with Crippen LogP contribution in [-0.2, 0) is 22.3 Å². The van der Waals surface area contributed by atoms with E-state index in [1.807, 2.05) is 0 Å². The Morgan fingerprint density at radius 2 is 1.94 bits per heavy atom. The van der Waals surface area contributed by atoms with E-state index in [0.717, 1.165) is 17.5 Å². The highest BCUT2D eigenvalue weighted by atomic mass is 32.1. The third kappa shape index (κ3) is 6.20. The molecule has 0 aliphatic rings. The van der Waals surface area contributed by atoms with Gasteiger partial charge in [-0.3, -0.25) is 19.4 Å². The molecule has 3 heterocycles. The van der Waals surface area contributed by atoms with Crippen LogP contribution in [0.15, 0.2) is 24.0 Å². The second-order valence-corrected chi connectivity index (χ2v) is 8.23. The van der Waals surface area contributed by atoms with E-state index in [4.69, 9.17) is 0 Å². The minimum absolute atomic E-state index is 0.0392. The maximum atomic E-state index is 12.9. The Morgan fingerprint density at radius 3 is 2.57 bits per heavy atom. The first-order valence-electron chi connectivity index (χ1n) is 10.4. The molecule has 0 fully saturated rings. The predicted octanol–water partition coefficient (Wildman–Crippen LogP) is 3.12. The maximum Gasteiger partial charge on any atom is 0.433 e. The van der Waals surface area contributed by atoms with Crippen molar-refractivity contribution in [2.75, 3.05) is 24.2 Å². The Kier molecular flexibility index (Phi) is 7.84. The molecule has 3 rings (SSSR count). The number of aryl methyl sites for hydroxylation is 1. The number of carbonyl (C=O) groups excluding carboxylic acids is 3. The number of halogens is 3. The van der Waals surface area contributed by atoms with E-state index in [1.54, 1.807) is 14.0 Å². The number of anilines is 2. The first kappa shape index (κ1) is 25.8. The molecule has 0 bridgehead atoms. The van der Waals surface area contributed by atoms with Crippen LogP contribution in [0.5, 0.6) is 0 Å². The molecule has 3 aromatic heterocycles. The molecule has 10 nitrogen and oxygen atoms in total. The lowest BCUT2D eigenvalue weighted by atomic mass is 10.1. The number of alkyl halides is 3. The molecule has 0 saturated carbocycles. The van der Waals surface area contributed by atoms with Crippen molar-refractivity contribution in [1.82, 2.24) is 24.8 Å². The molecule has 0 radical (unpaired) electrons. The van der Waals surface area contributed by atoms with Gasteiger partial charge in [-0.1, -0.05) is 6.92 Å². The zero-order chi connectivity index (χ0) is 25.8. The van der Waals surface area contributed by atoms with Crippen molar-refractivity contribution in [2.45, 2.75) is 33.0 Å². The van der Waals surface area contributed by atoms with Crippen molar-refractivity contribution >= 4 is 40.6 Å². The molecule has 0 aliphatic heterocycles. The lowest BCUT2D eigenvalue weighted by Gasteiger charge is -2.10. The molecule has 186 valence electrons. The fraction of sp³-hybridized carbons (Fsp3) is 0.333. The summed E-state index contributed by atoms with van der Waals surface area (Å²) in [5, 5.41) is 9.78. The SMILES string of the molecule is CCC(=O)CNC(=O)c1c(NC)ncn1CC(=O)Nc1csc(-c2cnc(C(F)(F)F)c(C)c2)n1. The molecule has 0 unspecified atom stereocenters. The number of Topliss-reactive ketones (excluding diaryl/α,β-unsaturated/α-hetero) is 1. The summed E-state index contributed by atoms with van der Waals surface area (Å²) in [6, 6.07) is 1.33. The number of aromatic nitrogens is 4. The lowest BCUT2D eigenvalue weighted by molar-refractivity contribution is -0.141. The fourth-order valence-corrected chi connectivity index (χ4v) is 3.83. The van der Waals surface area contributed by atoms with Crippen molar-refractivity contribution in [2.24, 2.45) is 0 Å². The smallest absolute Gasteiger partial charge is 0.371 e. The molecule has 0 aromatic carbocycles. The summed E-state index contributed by atoms with van der Waals surface area (Å²) in [5.74, 6) is -0.794. The Morgan fingerprint density at radius 1 is 1.20 bits per heavy atom. The third-order valence-corrected chi connectivity index (χ3v) is 5.70. The zero-order valence-corrected chi connectivity index (χ0v) is 19.8.